The number of ether oxygens (including phenoxy) is 1. The Morgan fingerprint density at radius 3 is 2.06 bits per heavy atom. The number of nitrogens with zero attached hydrogens (tertiary/aromatic N) is 1. The van der Waals surface area contributed by atoms with Crippen molar-refractivity contribution < 1.29 is 4.74 Å². The maximum absolute atomic E-state index is 5.81. The first-order chi connectivity index (χ1) is 7.69. The first-order valence-corrected chi connectivity index (χ1v) is 7.08. The van der Waals surface area contributed by atoms with E-state index >= 15 is 0 Å². The predicted octanol–water partition coefficient (Wildman–Crippen LogP) is 3.06. The van der Waals surface area contributed by atoms with Gasteiger partial charge >= 0.3 is 0 Å². The number of morpholine rings is 1. The molecule has 94 valence electrons. The number of hydrogen-bond donors (Lipinski definition) is 0. The predicted molar refractivity (Wildman–Crippen MR) is 67.6 cm³/mol. The largest absolute Gasteiger partial charge is 0.373 e. The Bertz CT molecular complexity index is 201. The van der Waals surface area contributed by atoms with Gasteiger partial charge in [0.25, 0.3) is 0 Å². The van der Waals surface area contributed by atoms with Crippen LogP contribution in [0.15, 0.2) is 0 Å². The van der Waals surface area contributed by atoms with Crippen LogP contribution in [-0.2, 0) is 4.74 Å². The molecule has 1 saturated carbocycles. The molecule has 0 spiro atoms. The second kappa shape index (κ2) is 5.50. The summed E-state index contributed by atoms with van der Waals surface area (Å²) in [6.07, 6.45) is 7.95. The van der Waals surface area contributed by atoms with Gasteiger partial charge in [0.2, 0.25) is 0 Å². The van der Waals surface area contributed by atoms with Crippen molar-refractivity contribution in [3.05, 3.63) is 0 Å². The minimum Gasteiger partial charge on any atom is -0.373 e. The minimum atomic E-state index is 0.424. The standard InChI is InChI=1S/C14H27NO/c1-4-13-5-7-14(8-6-13)15-9-11(2)16-12(3)10-15/h11-14H,4-10H2,1-3H3/t11-,12+,13?,14?. The molecule has 2 heteroatoms. The second-order valence-electron chi connectivity index (χ2n) is 5.79. The van der Waals surface area contributed by atoms with Crippen LogP contribution in [0.1, 0.15) is 52.9 Å². The molecule has 0 radical (unpaired) electrons. The molecule has 2 atom stereocenters. The van der Waals surface area contributed by atoms with Crippen LogP contribution in [0.4, 0.5) is 0 Å². The summed E-state index contributed by atoms with van der Waals surface area (Å²) in [6.45, 7) is 9.04. The second-order valence-corrected chi connectivity index (χ2v) is 5.79. The summed E-state index contributed by atoms with van der Waals surface area (Å²) in [5.41, 5.74) is 0. The van der Waals surface area contributed by atoms with Crippen LogP contribution in [0.25, 0.3) is 0 Å². The number of rotatable bonds is 2. The molecule has 0 aromatic heterocycles. The Morgan fingerprint density at radius 1 is 1.00 bits per heavy atom. The fraction of sp³-hybridized carbons (Fsp3) is 1.00. The van der Waals surface area contributed by atoms with Crippen molar-refractivity contribution in [1.29, 1.82) is 0 Å². The summed E-state index contributed by atoms with van der Waals surface area (Å²) in [4.78, 5) is 2.69. The van der Waals surface area contributed by atoms with E-state index in [0.29, 0.717) is 12.2 Å². The minimum absolute atomic E-state index is 0.424. The molecule has 1 saturated heterocycles. The monoisotopic (exact) mass is 225 g/mol. The molecule has 1 aliphatic carbocycles. The molecular formula is C14H27NO. The highest BCUT2D eigenvalue weighted by Crippen LogP contribution is 2.30. The van der Waals surface area contributed by atoms with Crippen molar-refractivity contribution in [2.24, 2.45) is 5.92 Å². The van der Waals surface area contributed by atoms with Crippen LogP contribution < -0.4 is 0 Å². The van der Waals surface area contributed by atoms with E-state index in [1.165, 1.54) is 32.1 Å². The maximum Gasteiger partial charge on any atom is 0.0678 e. The summed E-state index contributed by atoms with van der Waals surface area (Å²) >= 11 is 0. The summed E-state index contributed by atoms with van der Waals surface area (Å²) in [6, 6.07) is 0.844. The van der Waals surface area contributed by atoms with Crippen LogP contribution in [0.2, 0.25) is 0 Å². The van der Waals surface area contributed by atoms with E-state index in [4.69, 9.17) is 4.74 Å². The average molecular weight is 225 g/mol. The lowest BCUT2D eigenvalue weighted by atomic mass is 9.83. The van der Waals surface area contributed by atoms with Crippen LogP contribution in [0, 0.1) is 5.92 Å². The molecule has 2 aliphatic rings. The van der Waals surface area contributed by atoms with Gasteiger partial charge in [0, 0.05) is 19.1 Å². The molecule has 0 amide bonds. The van der Waals surface area contributed by atoms with E-state index in [0.717, 1.165) is 25.0 Å². The zero-order valence-corrected chi connectivity index (χ0v) is 11.1. The molecular weight excluding hydrogens is 198 g/mol. The Labute approximate surface area is 100 Å². The topological polar surface area (TPSA) is 12.5 Å². The molecule has 2 fully saturated rings. The van der Waals surface area contributed by atoms with Crippen molar-refractivity contribution in [2.45, 2.75) is 71.1 Å². The van der Waals surface area contributed by atoms with Crippen molar-refractivity contribution in [3.8, 4) is 0 Å². The Kier molecular flexibility index (Phi) is 4.26. The van der Waals surface area contributed by atoms with Crippen LogP contribution in [0.5, 0.6) is 0 Å². The van der Waals surface area contributed by atoms with Crippen LogP contribution >= 0.6 is 0 Å². The molecule has 16 heavy (non-hydrogen) atoms. The maximum atomic E-state index is 5.81. The Balaban J connectivity index is 1.83. The van der Waals surface area contributed by atoms with Gasteiger partial charge in [0.05, 0.1) is 12.2 Å². The molecule has 1 aliphatic heterocycles. The quantitative estimate of drug-likeness (QED) is 0.716. The van der Waals surface area contributed by atoms with E-state index < -0.39 is 0 Å². The lowest BCUT2D eigenvalue weighted by molar-refractivity contribution is -0.0853. The highest BCUT2D eigenvalue weighted by atomic mass is 16.5. The molecule has 2 rings (SSSR count). The van der Waals surface area contributed by atoms with Gasteiger partial charge < -0.3 is 4.74 Å². The van der Waals surface area contributed by atoms with Crippen molar-refractivity contribution in [3.63, 3.8) is 0 Å². The van der Waals surface area contributed by atoms with Gasteiger partial charge in [-0.1, -0.05) is 13.3 Å². The van der Waals surface area contributed by atoms with Gasteiger partial charge in [0.1, 0.15) is 0 Å². The van der Waals surface area contributed by atoms with Gasteiger partial charge in [-0.05, 0) is 45.4 Å². The lowest BCUT2D eigenvalue weighted by Gasteiger charge is -2.42. The van der Waals surface area contributed by atoms with Crippen molar-refractivity contribution >= 4 is 0 Å². The smallest absolute Gasteiger partial charge is 0.0678 e. The van der Waals surface area contributed by atoms with Crippen molar-refractivity contribution in [1.82, 2.24) is 4.90 Å². The highest BCUT2D eigenvalue weighted by Gasteiger charge is 2.30. The third kappa shape index (κ3) is 2.98. The van der Waals surface area contributed by atoms with Crippen LogP contribution in [0.3, 0.4) is 0 Å². The molecule has 0 unspecified atom stereocenters. The van der Waals surface area contributed by atoms with E-state index in [1.807, 2.05) is 0 Å². The fourth-order valence-corrected chi connectivity index (χ4v) is 3.43. The van der Waals surface area contributed by atoms with Gasteiger partial charge in [-0.2, -0.15) is 0 Å². The zero-order valence-electron chi connectivity index (χ0n) is 11.1. The van der Waals surface area contributed by atoms with E-state index in [9.17, 15) is 0 Å². The van der Waals surface area contributed by atoms with Gasteiger partial charge in [-0.25, -0.2) is 0 Å². The molecule has 0 aromatic rings. The molecule has 0 bridgehead atoms. The van der Waals surface area contributed by atoms with E-state index in [2.05, 4.69) is 25.7 Å². The average Bonchev–Trinajstić information content (AvgIpc) is 2.28. The molecule has 1 heterocycles. The first kappa shape index (κ1) is 12.4. The molecule has 2 nitrogen and oxygen atoms in total. The van der Waals surface area contributed by atoms with Crippen LogP contribution in [-0.4, -0.2) is 36.2 Å². The summed E-state index contributed by atoms with van der Waals surface area (Å²) in [5.74, 6) is 1.01. The zero-order chi connectivity index (χ0) is 11.5. The summed E-state index contributed by atoms with van der Waals surface area (Å²) in [5, 5.41) is 0. The highest BCUT2D eigenvalue weighted by molar-refractivity contribution is 4.83. The summed E-state index contributed by atoms with van der Waals surface area (Å²) in [7, 11) is 0. The van der Waals surface area contributed by atoms with E-state index in [1.54, 1.807) is 0 Å². The summed E-state index contributed by atoms with van der Waals surface area (Å²) < 4.78 is 5.81. The first-order valence-electron chi connectivity index (χ1n) is 7.08. The Morgan fingerprint density at radius 2 is 1.56 bits per heavy atom. The lowest BCUT2D eigenvalue weighted by Crippen LogP contribution is -2.50. The van der Waals surface area contributed by atoms with Gasteiger partial charge in [-0.15, -0.1) is 0 Å². The van der Waals surface area contributed by atoms with E-state index in [-0.39, 0.29) is 0 Å². The normalized spacial score (nSPS) is 42.2. The van der Waals surface area contributed by atoms with Crippen molar-refractivity contribution in [2.75, 3.05) is 13.1 Å². The SMILES string of the molecule is CCC1CCC(N2C[C@@H](C)O[C@@H](C)C2)CC1. The molecule has 0 aromatic carbocycles. The van der Waals surface area contributed by atoms with Gasteiger partial charge in [0.15, 0.2) is 0 Å². The third-order valence-electron chi connectivity index (χ3n) is 4.36. The molecule has 0 N–H and O–H groups in total. The Hall–Kier alpha value is -0.0800. The third-order valence-corrected chi connectivity index (χ3v) is 4.36. The number of hydrogen-bond acceptors (Lipinski definition) is 2. The van der Waals surface area contributed by atoms with Gasteiger partial charge in [-0.3, -0.25) is 4.90 Å². The fourth-order valence-electron chi connectivity index (χ4n) is 3.43.